The highest BCUT2D eigenvalue weighted by molar-refractivity contribution is 6.35. The van der Waals surface area contributed by atoms with Crippen molar-refractivity contribution in [2.75, 3.05) is 26.2 Å². The van der Waals surface area contributed by atoms with Crippen molar-refractivity contribution in [1.29, 1.82) is 0 Å². The molecule has 1 atom stereocenters. The lowest BCUT2D eigenvalue weighted by molar-refractivity contribution is -0.109. The summed E-state index contributed by atoms with van der Waals surface area (Å²) in [5.41, 5.74) is 4.48. The third-order valence-electron chi connectivity index (χ3n) is 6.95. The third-order valence-corrected chi connectivity index (χ3v) is 6.95. The van der Waals surface area contributed by atoms with Crippen LogP contribution in [0, 0.1) is 0 Å². The largest absolute Gasteiger partial charge is 0.508 e. The summed E-state index contributed by atoms with van der Waals surface area (Å²) in [4.78, 5) is 28.2. The number of rotatable bonds is 8. The zero-order valence-electron chi connectivity index (χ0n) is 19.7. The Labute approximate surface area is 205 Å². The lowest BCUT2D eigenvalue weighted by atomic mass is 9.75. The smallest absolute Gasteiger partial charge is 0.193 e. The fourth-order valence-electron chi connectivity index (χ4n) is 5.09. The number of phenolic OH excluding ortho intramolecular Hbond substituents is 1. The van der Waals surface area contributed by atoms with Gasteiger partial charge in [-0.15, -0.1) is 0 Å². The molecule has 178 valence electrons. The van der Waals surface area contributed by atoms with Gasteiger partial charge in [0.15, 0.2) is 5.78 Å². The fraction of sp³-hybridized carbons (Fsp3) is 0.267. The fourth-order valence-corrected chi connectivity index (χ4v) is 5.09. The second kappa shape index (κ2) is 10.3. The molecule has 2 aliphatic rings. The first-order chi connectivity index (χ1) is 17.1. The highest BCUT2D eigenvalue weighted by Gasteiger charge is 2.31. The third kappa shape index (κ3) is 4.91. The molecule has 1 heterocycles. The highest BCUT2D eigenvalue weighted by atomic mass is 16.5. The number of benzene rings is 3. The Balaban J connectivity index is 1.45. The number of hydrogen-bond donors (Lipinski definition) is 1. The van der Waals surface area contributed by atoms with Crippen molar-refractivity contribution in [2.24, 2.45) is 0 Å². The number of aldehydes is 1. The Morgan fingerprint density at radius 1 is 0.971 bits per heavy atom. The first-order valence-electron chi connectivity index (χ1n) is 12.2. The molecule has 35 heavy (non-hydrogen) atoms. The first kappa shape index (κ1) is 23.1. The van der Waals surface area contributed by atoms with E-state index in [4.69, 9.17) is 4.74 Å². The number of carbonyl (C=O) groups excluding carboxylic acids is 2. The summed E-state index contributed by atoms with van der Waals surface area (Å²) in [6, 6.07) is 21.7. The van der Waals surface area contributed by atoms with Gasteiger partial charge in [0.2, 0.25) is 0 Å². The average Bonchev–Trinajstić information content (AvgIpc) is 3.42. The number of phenols is 1. The topological polar surface area (TPSA) is 66.8 Å². The quantitative estimate of drug-likeness (QED) is 0.358. The van der Waals surface area contributed by atoms with Crippen molar-refractivity contribution < 1.29 is 19.4 Å². The van der Waals surface area contributed by atoms with E-state index in [1.807, 2.05) is 48.5 Å². The second-order valence-electron chi connectivity index (χ2n) is 9.19. The van der Waals surface area contributed by atoms with Gasteiger partial charge in [0.05, 0.1) is 0 Å². The summed E-state index contributed by atoms with van der Waals surface area (Å²) in [7, 11) is 0. The molecule has 5 rings (SSSR count). The molecular formula is C30H29NO4. The van der Waals surface area contributed by atoms with E-state index in [0.717, 1.165) is 53.9 Å². The van der Waals surface area contributed by atoms with Crippen LogP contribution >= 0.6 is 0 Å². The maximum absolute atomic E-state index is 13.9. The molecule has 1 saturated heterocycles. The molecule has 3 aromatic carbocycles. The predicted octanol–water partition coefficient (Wildman–Crippen LogP) is 5.35. The van der Waals surface area contributed by atoms with Crippen LogP contribution in [0.15, 0.2) is 72.8 Å². The lowest BCUT2D eigenvalue weighted by Gasteiger charge is -2.27. The van der Waals surface area contributed by atoms with Crippen LogP contribution < -0.4 is 4.74 Å². The molecular weight excluding hydrogens is 438 g/mol. The lowest BCUT2D eigenvalue weighted by Crippen LogP contribution is -2.25. The molecule has 5 nitrogen and oxygen atoms in total. The molecule has 0 radical (unpaired) electrons. The molecule has 0 bridgehead atoms. The molecule has 5 heteroatoms. The number of allylic oxidation sites excluding steroid dienone is 2. The highest BCUT2D eigenvalue weighted by Crippen LogP contribution is 2.43. The van der Waals surface area contributed by atoms with E-state index in [1.165, 1.54) is 12.8 Å². The molecule has 1 aliphatic heterocycles. The summed E-state index contributed by atoms with van der Waals surface area (Å²) in [6.07, 6.45) is 3.91. The van der Waals surface area contributed by atoms with Crippen molar-refractivity contribution >= 4 is 23.2 Å². The van der Waals surface area contributed by atoms with Gasteiger partial charge >= 0.3 is 0 Å². The Morgan fingerprint density at radius 2 is 1.69 bits per heavy atom. The molecule has 0 aromatic heterocycles. The van der Waals surface area contributed by atoms with Gasteiger partial charge in [-0.25, -0.2) is 0 Å². The summed E-state index contributed by atoms with van der Waals surface area (Å²) >= 11 is 0. The molecule has 0 saturated carbocycles. The monoisotopic (exact) mass is 467 g/mol. The number of Topliss-reactive ketones (excluding diaryl/α,β-unsaturated/α-hetero) is 1. The van der Waals surface area contributed by atoms with Gasteiger partial charge in [-0.3, -0.25) is 9.69 Å². The van der Waals surface area contributed by atoms with Gasteiger partial charge in [0.25, 0.3) is 0 Å². The van der Waals surface area contributed by atoms with E-state index in [9.17, 15) is 14.7 Å². The van der Waals surface area contributed by atoms with Gasteiger partial charge < -0.3 is 14.6 Å². The van der Waals surface area contributed by atoms with E-state index in [2.05, 4.69) is 4.90 Å². The Morgan fingerprint density at radius 3 is 2.40 bits per heavy atom. The Hall–Kier alpha value is -3.70. The maximum atomic E-state index is 13.9. The van der Waals surface area contributed by atoms with Crippen LogP contribution in [0.4, 0.5) is 0 Å². The molecule has 1 fully saturated rings. The van der Waals surface area contributed by atoms with Gasteiger partial charge in [-0.1, -0.05) is 36.4 Å². The summed E-state index contributed by atoms with van der Waals surface area (Å²) in [6.45, 7) is 3.82. The van der Waals surface area contributed by atoms with E-state index in [-0.39, 0.29) is 17.5 Å². The minimum Gasteiger partial charge on any atom is -0.508 e. The Kier molecular flexibility index (Phi) is 6.77. The number of hydrogen-bond acceptors (Lipinski definition) is 5. The molecule has 1 N–H and O–H groups in total. The van der Waals surface area contributed by atoms with Crippen LogP contribution in [-0.4, -0.2) is 48.3 Å². The van der Waals surface area contributed by atoms with Crippen LogP contribution in [0.25, 0.3) is 11.1 Å². The SMILES string of the molecule is O=CC1CC(c2ccc(O)cc2)=C(C(=O)c2ccc(OCCN3CCCC3)cc2)c2ccccc21. The van der Waals surface area contributed by atoms with E-state index in [1.54, 1.807) is 24.3 Å². The van der Waals surface area contributed by atoms with Crippen molar-refractivity contribution in [2.45, 2.75) is 25.2 Å². The minimum absolute atomic E-state index is 0.0894. The van der Waals surface area contributed by atoms with Crippen molar-refractivity contribution in [3.63, 3.8) is 0 Å². The summed E-state index contributed by atoms with van der Waals surface area (Å²) in [5, 5.41) is 9.76. The Bertz CT molecular complexity index is 1240. The molecule has 3 aromatic rings. The van der Waals surface area contributed by atoms with Crippen LogP contribution in [0.2, 0.25) is 0 Å². The van der Waals surface area contributed by atoms with E-state index >= 15 is 0 Å². The van der Waals surface area contributed by atoms with E-state index < -0.39 is 0 Å². The summed E-state index contributed by atoms with van der Waals surface area (Å²) < 4.78 is 5.91. The van der Waals surface area contributed by atoms with Gasteiger partial charge in [-0.2, -0.15) is 0 Å². The zero-order chi connectivity index (χ0) is 24.2. The number of nitrogens with zero attached hydrogens (tertiary/aromatic N) is 1. The average molecular weight is 468 g/mol. The van der Waals surface area contributed by atoms with Gasteiger partial charge in [-0.05, 0) is 91.0 Å². The standard InChI is InChI=1S/C30H29NO4/c32-20-23-19-28(21-7-11-24(33)12-8-21)29(27-6-2-1-5-26(23)27)30(34)22-9-13-25(14-10-22)35-18-17-31-15-3-4-16-31/h1-2,5-14,20,23,33H,3-4,15-19H2. The number of ether oxygens (including phenoxy) is 1. The predicted molar refractivity (Wildman–Crippen MR) is 137 cm³/mol. The second-order valence-corrected chi connectivity index (χ2v) is 9.19. The van der Waals surface area contributed by atoms with Crippen LogP contribution in [0.5, 0.6) is 11.5 Å². The molecule has 0 amide bonds. The van der Waals surface area contributed by atoms with Crippen LogP contribution in [-0.2, 0) is 4.79 Å². The van der Waals surface area contributed by atoms with Crippen molar-refractivity contribution in [1.82, 2.24) is 4.90 Å². The minimum atomic E-state index is -0.321. The van der Waals surface area contributed by atoms with Gasteiger partial charge in [0, 0.05) is 23.6 Å². The summed E-state index contributed by atoms with van der Waals surface area (Å²) in [5.74, 6) is 0.496. The zero-order valence-corrected chi connectivity index (χ0v) is 19.7. The maximum Gasteiger partial charge on any atom is 0.193 e. The molecule has 1 unspecified atom stereocenters. The van der Waals surface area contributed by atoms with Gasteiger partial charge in [0.1, 0.15) is 24.4 Å². The number of likely N-dealkylation sites (tertiary alicyclic amines) is 1. The van der Waals surface area contributed by atoms with Crippen LogP contribution in [0.1, 0.15) is 52.2 Å². The molecule has 1 aliphatic carbocycles. The van der Waals surface area contributed by atoms with E-state index in [0.29, 0.717) is 24.2 Å². The number of carbonyl (C=O) groups is 2. The van der Waals surface area contributed by atoms with Crippen molar-refractivity contribution in [3.05, 3.63) is 95.1 Å². The first-order valence-corrected chi connectivity index (χ1v) is 12.2. The van der Waals surface area contributed by atoms with Crippen LogP contribution in [0.3, 0.4) is 0 Å². The van der Waals surface area contributed by atoms with Crippen molar-refractivity contribution in [3.8, 4) is 11.5 Å². The number of ketones is 1. The normalized spacial score (nSPS) is 17.8. The number of aromatic hydroxyl groups is 1. The molecule has 0 spiro atoms. The number of fused-ring (bicyclic) bond motifs is 1.